The van der Waals surface area contributed by atoms with Crippen molar-refractivity contribution in [1.29, 1.82) is 0 Å². The SMILES string of the molecule is CCNC(=NCc1ccc(N2CCCC2)nc1)NCC1CCCN1CC.I. The Labute approximate surface area is 181 Å². The molecule has 2 saturated heterocycles. The highest BCUT2D eigenvalue weighted by molar-refractivity contribution is 14.0. The standard InChI is InChI=1S/C20H34N6.HI/c1-3-21-20(24-16-18-8-7-13-25(18)4-2)23-15-17-9-10-19(22-14-17)26-11-5-6-12-26;/h9-10,14,18H,3-8,11-13,15-16H2,1-2H3,(H2,21,23,24);1H. The Hall–Kier alpha value is -1.09. The Bertz CT molecular complexity index is 570. The first kappa shape index (κ1) is 22.2. The third-order valence-electron chi connectivity index (χ3n) is 5.41. The van der Waals surface area contributed by atoms with E-state index in [0.29, 0.717) is 12.6 Å². The summed E-state index contributed by atoms with van der Waals surface area (Å²) in [7, 11) is 0. The third kappa shape index (κ3) is 6.48. The number of anilines is 1. The van der Waals surface area contributed by atoms with Crippen LogP contribution in [0.15, 0.2) is 23.3 Å². The molecule has 3 heterocycles. The summed E-state index contributed by atoms with van der Waals surface area (Å²) in [4.78, 5) is 14.3. The molecule has 0 amide bonds. The van der Waals surface area contributed by atoms with E-state index in [0.717, 1.165) is 50.1 Å². The summed E-state index contributed by atoms with van der Waals surface area (Å²) in [5, 5.41) is 6.88. The van der Waals surface area contributed by atoms with Crippen LogP contribution in [0, 0.1) is 0 Å². The Morgan fingerprint density at radius 1 is 1.15 bits per heavy atom. The van der Waals surface area contributed by atoms with Gasteiger partial charge in [0.1, 0.15) is 5.82 Å². The second kappa shape index (κ2) is 11.7. The van der Waals surface area contributed by atoms with Gasteiger partial charge in [-0.1, -0.05) is 13.0 Å². The van der Waals surface area contributed by atoms with Gasteiger partial charge in [-0.3, -0.25) is 4.90 Å². The lowest BCUT2D eigenvalue weighted by molar-refractivity contribution is 0.267. The summed E-state index contributed by atoms with van der Waals surface area (Å²) in [6.07, 6.45) is 7.12. The van der Waals surface area contributed by atoms with Crippen molar-refractivity contribution >= 4 is 35.8 Å². The first-order chi connectivity index (χ1) is 12.8. The lowest BCUT2D eigenvalue weighted by atomic mass is 10.2. The molecule has 1 aromatic heterocycles. The number of aliphatic imine (C=N–C) groups is 1. The highest BCUT2D eigenvalue weighted by atomic mass is 127. The molecule has 0 radical (unpaired) electrons. The molecular formula is C20H35IN6. The molecule has 2 fully saturated rings. The van der Waals surface area contributed by atoms with Crippen molar-refractivity contribution in [3.05, 3.63) is 23.9 Å². The quantitative estimate of drug-likeness (QED) is 0.353. The molecule has 0 saturated carbocycles. The number of likely N-dealkylation sites (N-methyl/N-ethyl adjacent to an activating group) is 1. The van der Waals surface area contributed by atoms with Crippen LogP contribution in [0.5, 0.6) is 0 Å². The lowest BCUT2D eigenvalue weighted by Crippen LogP contribution is -2.44. The molecule has 1 aromatic rings. The van der Waals surface area contributed by atoms with Crippen LogP contribution in [0.25, 0.3) is 0 Å². The van der Waals surface area contributed by atoms with Crippen LogP contribution < -0.4 is 15.5 Å². The van der Waals surface area contributed by atoms with E-state index in [1.807, 2.05) is 6.20 Å². The predicted octanol–water partition coefficient (Wildman–Crippen LogP) is 2.84. The first-order valence-electron chi connectivity index (χ1n) is 10.3. The van der Waals surface area contributed by atoms with Crippen molar-refractivity contribution in [2.24, 2.45) is 4.99 Å². The van der Waals surface area contributed by atoms with Crippen molar-refractivity contribution in [1.82, 2.24) is 20.5 Å². The Kier molecular flexibility index (Phi) is 9.61. The summed E-state index contributed by atoms with van der Waals surface area (Å²) in [5.41, 5.74) is 1.15. The number of hydrogen-bond acceptors (Lipinski definition) is 4. The highest BCUT2D eigenvalue weighted by Crippen LogP contribution is 2.18. The van der Waals surface area contributed by atoms with Crippen LogP contribution in [0.3, 0.4) is 0 Å². The largest absolute Gasteiger partial charge is 0.357 e. The molecule has 0 aliphatic carbocycles. The number of nitrogens with zero attached hydrogens (tertiary/aromatic N) is 4. The Balaban J connectivity index is 0.00000261. The molecule has 2 N–H and O–H groups in total. The number of rotatable bonds is 7. The number of guanidine groups is 1. The maximum atomic E-state index is 4.75. The van der Waals surface area contributed by atoms with Gasteiger partial charge in [-0.15, -0.1) is 24.0 Å². The van der Waals surface area contributed by atoms with Crippen molar-refractivity contribution in [2.45, 2.75) is 52.1 Å². The summed E-state index contributed by atoms with van der Waals surface area (Å²) in [6, 6.07) is 4.92. The van der Waals surface area contributed by atoms with Crippen molar-refractivity contribution < 1.29 is 0 Å². The molecule has 3 rings (SSSR count). The molecule has 1 unspecified atom stereocenters. The fourth-order valence-corrected chi connectivity index (χ4v) is 3.91. The van der Waals surface area contributed by atoms with Crippen LogP contribution in [-0.4, -0.2) is 61.2 Å². The van der Waals surface area contributed by atoms with E-state index in [1.54, 1.807) is 0 Å². The fraction of sp³-hybridized carbons (Fsp3) is 0.700. The minimum Gasteiger partial charge on any atom is -0.357 e. The van der Waals surface area contributed by atoms with Crippen LogP contribution in [0.1, 0.15) is 45.1 Å². The van der Waals surface area contributed by atoms with E-state index >= 15 is 0 Å². The van der Waals surface area contributed by atoms with Gasteiger partial charge in [0.2, 0.25) is 0 Å². The smallest absolute Gasteiger partial charge is 0.191 e. The molecule has 152 valence electrons. The summed E-state index contributed by atoms with van der Waals surface area (Å²) < 4.78 is 0. The second-order valence-electron chi connectivity index (χ2n) is 7.22. The fourth-order valence-electron chi connectivity index (χ4n) is 3.91. The van der Waals surface area contributed by atoms with E-state index in [4.69, 9.17) is 4.99 Å². The molecule has 2 aliphatic heterocycles. The van der Waals surface area contributed by atoms with Gasteiger partial charge in [-0.2, -0.15) is 0 Å². The van der Waals surface area contributed by atoms with E-state index < -0.39 is 0 Å². The number of halogens is 1. The van der Waals surface area contributed by atoms with Gasteiger partial charge >= 0.3 is 0 Å². The van der Waals surface area contributed by atoms with E-state index in [9.17, 15) is 0 Å². The number of likely N-dealkylation sites (tertiary alicyclic amines) is 1. The normalized spacial score (nSPS) is 20.6. The lowest BCUT2D eigenvalue weighted by Gasteiger charge is -2.24. The zero-order valence-corrected chi connectivity index (χ0v) is 19.1. The Morgan fingerprint density at radius 3 is 2.63 bits per heavy atom. The minimum atomic E-state index is 0. The predicted molar refractivity (Wildman–Crippen MR) is 124 cm³/mol. The minimum absolute atomic E-state index is 0. The molecular weight excluding hydrogens is 451 g/mol. The molecule has 27 heavy (non-hydrogen) atoms. The summed E-state index contributed by atoms with van der Waals surface area (Å²) in [6.45, 7) is 11.5. The zero-order chi connectivity index (χ0) is 18.2. The molecule has 0 spiro atoms. The number of pyridine rings is 1. The third-order valence-corrected chi connectivity index (χ3v) is 5.41. The molecule has 0 aromatic carbocycles. The molecule has 6 nitrogen and oxygen atoms in total. The second-order valence-corrected chi connectivity index (χ2v) is 7.22. The first-order valence-corrected chi connectivity index (χ1v) is 10.3. The van der Waals surface area contributed by atoms with Crippen LogP contribution in [0.2, 0.25) is 0 Å². The topological polar surface area (TPSA) is 55.8 Å². The number of aromatic nitrogens is 1. The van der Waals surface area contributed by atoms with Gasteiger partial charge in [-0.05, 0) is 57.3 Å². The van der Waals surface area contributed by atoms with E-state index in [-0.39, 0.29) is 24.0 Å². The maximum absolute atomic E-state index is 4.75. The monoisotopic (exact) mass is 486 g/mol. The van der Waals surface area contributed by atoms with Gasteiger partial charge in [0.15, 0.2) is 5.96 Å². The zero-order valence-electron chi connectivity index (χ0n) is 16.8. The average Bonchev–Trinajstić information content (AvgIpc) is 3.36. The van der Waals surface area contributed by atoms with Crippen molar-refractivity contribution in [3.8, 4) is 0 Å². The molecule has 1 atom stereocenters. The van der Waals surface area contributed by atoms with Crippen LogP contribution in [0.4, 0.5) is 5.82 Å². The van der Waals surface area contributed by atoms with Gasteiger partial charge in [0.05, 0.1) is 6.54 Å². The van der Waals surface area contributed by atoms with Crippen LogP contribution in [-0.2, 0) is 6.54 Å². The maximum Gasteiger partial charge on any atom is 0.191 e. The molecule has 0 bridgehead atoms. The van der Waals surface area contributed by atoms with E-state index in [2.05, 4.69) is 51.4 Å². The number of hydrogen-bond donors (Lipinski definition) is 2. The number of nitrogens with one attached hydrogen (secondary N) is 2. The molecule has 7 heteroatoms. The summed E-state index contributed by atoms with van der Waals surface area (Å²) in [5.74, 6) is 2.00. The van der Waals surface area contributed by atoms with Gasteiger partial charge < -0.3 is 15.5 Å². The van der Waals surface area contributed by atoms with E-state index in [1.165, 1.54) is 32.2 Å². The van der Waals surface area contributed by atoms with Gasteiger partial charge in [-0.25, -0.2) is 9.98 Å². The van der Waals surface area contributed by atoms with Gasteiger partial charge in [0.25, 0.3) is 0 Å². The molecule has 2 aliphatic rings. The highest BCUT2D eigenvalue weighted by Gasteiger charge is 2.22. The van der Waals surface area contributed by atoms with Crippen LogP contribution >= 0.6 is 24.0 Å². The van der Waals surface area contributed by atoms with Crippen molar-refractivity contribution in [3.63, 3.8) is 0 Å². The average molecular weight is 486 g/mol. The Morgan fingerprint density at radius 2 is 1.96 bits per heavy atom. The summed E-state index contributed by atoms with van der Waals surface area (Å²) >= 11 is 0. The van der Waals surface area contributed by atoms with Crippen molar-refractivity contribution in [2.75, 3.05) is 44.2 Å². The van der Waals surface area contributed by atoms with Gasteiger partial charge in [0, 0.05) is 38.4 Å².